The van der Waals surface area contributed by atoms with Gasteiger partial charge in [-0.05, 0) is 56.4 Å². The molecule has 1 aliphatic carbocycles. The molecule has 0 amide bonds. The number of nitrogens with zero attached hydrogens (tertiary/aromatic N) is 1. The Morgan fingerprint density at radius 2 is 1.83 bits per heavy atom. The fourth-order valence-electron chi connectivity index (χ4n) is 3.88. The second kappa shape index (κ2) is 5.20. The minimum Gasteiger partial charge on any atom is -0.480 e. The summed E-state index contributed by atoms with van der Waals surface area (Å²) >= 11 is 0. The molecule has 0 aromatic rings. The number of carbonyl (C=O) groups is 1. The predicted octanol–water partition coefficient (Wildman–Crippen LogP) is 3.14. The van der Waals surface area contributed by atoms with Crippen molar-refractivity contribution in [2.75, 3.05) is 6.54 Å². The predicted molar refractivity (Wildman–Crippen MR) is 72.6 cm³/mol. The lowest BCUT2D eigenvalue weighted by Crippen LogP contribution is -2.58. The summed E-state index contributed by atoms with van der Waals surface area (Å²) in [6.45, 7) is 7.51. The highest BCUT2D eigenvalue weighted by molar-refractivity contribution is 5.74. The van der Waals surface area contributed by atoms with E-state index in [0.717, 1.165) is 25.3 Å². The zero-order valence-corrected chi connectivity index (χ0v) is 12.0. The summed E-state index contributed by atoms with van der Waals surface area (Å²) in [5.74, 6) is 0.195. The largest absolute Gasteiger partial charge is 0.480 e. The number of piperidine rings is 1. The van der Waals surface area contributed by atoms with E-state index >= 15 is 0 Å². The molecule has 2 fully saturated rings. The number of likely N-dealkylation sites (tertiary alicyclic amines) is 1. The summed E-state index contributed by atoms with van der Waals surface area (Å²) in [5.41, 5.74) is -0.0901. The van der Waals surface area contributed by atoms with Gasteiger partial charge in [0.1, 0.15) is 6.04 Å². The van der Waals surface area contributed by atoms with E-state index in [1.807, 2.05) is 0 Å². The Hall–Kier alpha value is -0.570. The number of carboxylic acids is 1. The molecule has 1 saturated carbocycles. The van der Waals surface area contributed by atoms with Gasteiger partial charge in [-0.1, -0.05) is 20.8 Å². The average molecular weight is 253 g/mol. The highest BCUT2D eigenvalue weighted by Gasteiger charge is 2.45. The first-order valence-corrected chi connectivity index (χ1v) is 7.40. The SMILES string of the molecule is CC1CCC(N2CCCC(C)(C)C2C(=O)O)CC1. The number of aliphatic carboxylic acids is 1. The summed E-state index contributed by atoms with van der Waals surface area (Å²) in [5, 5.41) is 9.59. The molecule has 0 bridgehead atoms. The van der Waals surface area contributed by atoms with Gasteiger partial charge < -0.3 is 5.11 Å². The molecule has 1 unspecified atom stereocenters. The lowest BCUT2D eigenvalue weighted by molar-refractivity contribution is -0.153. The normalized spacial score (nSPS) is 37.4. The zero-order chi connectivity index (χ0) is 13.3. The fourth-order valence-corrected chi connectivity index (χ4v) is 3.88. The molecule has 3 heteroatoms. The summed E-state index contributed by atoms with van der Waals surface area (Å²) in [4.78, 5) is 13.9. The van der Waals surface area contributed by atoms with E-state index < -0.39 is 5.97 Å². The summed E-state index contributed by atoms with van der Waals surface area (Å²) in [7, 11) is 0. The minimum absolute atomic E-state index is 0.0901. The van der Waals surface area contributed by atoms with Gasteiger partial charge in [-0.2, -0.15) is 0 Å². The Bertz CT molecular complexity index is 306. The highest BCUT2D eigenvalue weighted by atomic mass is 16.4. The van der Waals surface area contributed by atoms with E-state index in [1.165, 1.54) is 25.7 Å². The standard InChI is InChI=1S/C15H27NO2/c1-11-5-7-12(8-6-11)16-10-4-9-15(2,3)13(16)14(17)18/h11-13H,4-10H2,1-3H3,(H,17,18). The van der Waals surface area contributed by atoms with E-state index in [9.17, 15) is 9.90 Å². The van der Waals surface area contributed by atoms with Crippen molar-refractivity contribution in [3.63, 3.8) is 0 Å². The van der Waals surface area contributed by atoms with Crippen LogP contribution in [0.25, 0.3) is 0 Å². The van der Waals surface area contributed by atoms with Crippen LogP contribution in [0.4, 0.5) is 0 Å². The van der Waals surface area contributed by atoms with Crippen LogP contribution in [0.1, 0.15) is 59.3 Å². The summed E-state index contributed by atoms with van der Waals surface area (Å²) in [6, 6.07) is 0.214. The Kier molecular flexibility index (Phi) is 4.00. The van der Waals surface area contributed by atoms with Crippen molar-refractivity contribution in [2.24, 2.45) is 11.3 Å². The van der Waals surface area contributed by atoms with Gasteiger partial charge in [0.2, 0.25) is 0 Å². The maximum absolute atomic E-state index is 11.6. The van der Waals surface area contributed by atoms with Crippen LogP contribution in [-0.4, -0.2) is 34.6 Å². The zero-order valence-electron chi connectivity index (χ0n) is 12.0. The van der Waals surface area contributed by atoms with Gasteiger partial charge in [-0.15, -0.1) is 0 Å². The number of carboxylic acid groups (broad SMARTS) is 1. The van der Waals surface area contributed by atoms with Crippen LogP contribution < -0.4 is 0 Å². The van der Waals surface area contributed by atoms with E-state index in [0.29, 0.717) is 6.04 Å². The first kappa shape index (κ1) is 13.9. The molecule has 1 saturated heterocycles. The smallest absolute Gasteiger partial charge is 0.321 e. The third kappa shape index (κ3) is 2.71. The average Bonchev–Trinajstić information content (AvgIpc) is 2.27. The van der Waals surface area contributed by atoms with Gasteiger partial charge in [0, 0.05) is 6.04 Å². The van der Waals surface area contributed by atoms with Crippen LogP contribution in [0.2, 0.25) is 0 Å². The lowest BCUT2D eigenvalue weighted by Gasteiger charge is -2.48. The molecular formula is C15H27NO2. The topological polar surface area (TPSA) is 40.5 Å². The molecule has 2 aliphatic rings. The van der Waals surface area contributed by atoms with Crippen LogP contribution in [0.3, 0.4) is 0 Å². The van der Waals surface area contributed by atoms with Crippen molar-refractivity contribution in [3.8, 4) is 0 Å². The van der Waals surface area contributed by atoms with Crippen molar-refractivity contribution in [1.82, 2.24) is 4.90 Å². The van der Waals surface area contributed by atoms with Gasteiger partial charge in [-0.25, -0.2) is 0 Å². The number of hydrogen-bond acceptors (Lipinski definition) is 2. The monoisotopic (exact) mass is 253 g/mol. The molecule has 0 aromatic carbocycles. The molecule has 2 rings (SSSR count). The summed E-state index contributed by atoms with van der Waals surface area (Å²) < 4.78 is 0. The number of hydrogen-bond donors (Lipinski definition) is 1. The lowest BCUT2D eigenvalue weighted by atomic mass is 9.74. The van der Waals surface area contributed by atoms with Crippen molar-refractivity contribution >= 4 is 5.97 Å². The van der Waals surface area contributed by atoms with Crippen LogP contribution in [0.5, 0.6) is 0 Å². The van der Waals surface area contributed by atoms with Crippen LogP contribution in [0, 0.1) is 11.3 Å². The molecule has 1 N–H and O–H groups in total. The molecular weight excluding hydrogens is 226 g/mol. The fraction of sp³-hybridized carbons (Fsp3) is 0.933. The Morgan fingerprint density at radius 3 is 2.39 bits per heavy atom. The van der Waals surface area contributed by atoms with Crippen LogP contribution >= 0.6 is 0 Å². The third-order valence-electron chi connectivity index (χ3n) is 5.00. The molecule has 1 aliphatic heterocycles. The highest BCUT2D eigenvalue weighted by Crippen LogP contribution is 2.39. The third-order valence-corrected chi connectivity index (χ3v) is 5.00. The van der Waals surface area contributed by atoms with Crippen molar-refractivity contribution in [3.05, 3.63) is 0 Å². The Morgan fingerprint density at radius 1 is 1.22 bits per heavy atom. The molecule has 0 radical (unpaired) electrons. The van der Waals surface area contributed by atoms with E-state index in [-0.39, 0.29) is 11.5 Å². The minimum atomic E-state index is -0.627. The molecule has 104 valence electrons. The molecule has 3 nitrogen and oxygen atoms in total. The maximum atomic E-state index is 11.6. The molecule has 1 atom stereocenters. The maximum Gasteiger partial charge on any atom is 0.321 e. The Labute approximate surface area is 111 Å². The molecule has 0 spiro atoms. The van der Waals surface area contributed by atoms with Crippen molar-refractivity contribution in [1.29, 1.82) is 0 Å². The second-order valence-corrected chi connectivity index (χ2v) is 6.98. The van der Waals surface area contributed by atoms with Gasteiger partial charge in [0.25, 0.3) is 0 Å². The van der Waals surface area contributed by atoms with Gasteiger partial charge in [0.05, 0.1) is 0 Å². The van der Waals surface area contributed by atoms with Crippen LogP contribution in [0.15, 0.2) is 0 Å². The van der Waals surface area contributed by atoms with E-state index in [2.05, 4.69) is 25.7 Å². The first-order valence-electron chi connectivity index (χ1n) is 7.40. The van der Waals surface area contributed by atoms with E-state index in [4.69, 9.17) is 0 Å². The van der Waals surface area contributed by atoms with Gasteiger partial charge >= 0.3 is 5.97 Å². The summed E-state index contributed by atoms with van der Waals surface area (Å²) in [6.07, 6.45) is 7.05. The van der Waals surface area contributed by atoms with Crippen molar-refractivity contribution < 1.29 is 9.90 Å². The Balaban J connectivity index is 2.12. The van der Waals surface area contributed by atoms with Crippen molar-refractivity contribution in [2.45, 2.75) is 71.4 Å². The van der Waals surface area contributed by atoms with Gasteiger partial charge in [0.15, 0.2) is 0 Å². The first-order chi connectivity index (χ1) is 8.42. The molecule has 0 aromatic heterocycles. The molecule has 1 heterocycles. The van der Waals surface area contributed by atoms with E-state index in [1.54, 1.807) is 0 Å². The quantitative estimate of drug-likeness (QED) is 0.822. The second-order valence-electron chi connectivity index (χ2n) is 6.98. The van der Waals surface area contributed by atoms with Gasteiger partial charge in [-0.3, -0.25) is 9.69 Å². The number of rotatable bonds is 2. The molecule has 18 heavy (non-hydrogen) atoms. The van der Waals surface area contributed by atoms with Crippen LogP contribution in [-0.2, 0) is 4.79 Å².